The van der Waals surface area contributed by atoms with Gasteiger partial charge in [0.1, 0.15) is 0 Å². The van der Waals surface area contributed by atoms with E-state index in [-0.39, 0.29) is 17.5 Å². The van der Waals surface area contributed by atoms with Crippen LogP contribution < -0.4 is 0 Å². The van der Waals surface area contributed by atoms with Crippen molar-refractivity contribution in [1.29, 1.82) is 0 Å². The van der Waals surface area contributed by atoms with E-state index in [9.17, 15) is 4.79 Å². The predicted octanol–water partition coefficient (Wildman–Crippen LogP) is 4.22. The van der Waals surface area contributed by atoms with E-state index in [1.54, 1.807) is 0 Å². The number of nitrogens with zero attached hydrogens (tertiary/aromatic N) is 4. The minimum atomic E-state index is -0.217. The number of azide groups is 1. The summed E-state index contributed by atoms with van der Waals surface area (Å²) in [6.45, 7) is 2.86. The molecule has 3 rings (SSSR count). The molecule has 5 heteroatoms. The lowest BCUT2D eigenvalue weighted by Crippen LogP contribution is -2.37. The van der Waals surface area contributed by atoms with E-state index in [1.807, 2.05) is 23.1 Å². The molecule has 1 aliphatic carbocycles. The second-order valence-electron chi connectivity index (χ2n) is 6.67. The maximum atomic E-state index is 12.4. The largest absolute Gasteiger partial charge is 0.336 e. The number of carbonyl (C=O) groups excluding carboxylic acids is 1. The smallest absolute Gasteiger partial charge is 0.223 e. The maximum Gasteiger partial charge on any atom is 0.223 e. The molecule has 1 aromatic carbocycles. The van der Waals surface area contributed by atoms with Crippen LogP contribution in [0.5, 0.6) is 0 Å². The molecule has 22 heavy (non-hydrogen) atoms. The Bertz CT molecular complexity index is 590. The Hall–Kier alpha value is -2.00. The molecule has 1 aliphatic heterocycles. The molecule has 1 saturated carbocycles. The average molecular weight is 298 g/mol. The van der Waals surface area contributed by atoms with E-state index >= 15 is 0 Å². The van der Waals surface area contributed by atoms with Crippen molar-refractivity contribution >= 4 is 5.91 Å². The van der Waals surface area contributed by atoms with E-state index in [1.165, 1.54) is 5.56 Å². The summed E-state index contributed by atoms with van der Waals surface area (Å²) < 4.78 is 0. The quantitative estimate of drug-likeness (QED) is 0.456. The van der Waals surface area contributed by atoms with Crippen molar-refractivity contribution in [2.45, 2.75) is 50.6 Å². The number of rotatable bonds is 5. The standard InChI is InChI=1S/C17H22N4O/c1-13(15-6-3-2-4-7-15)21-12-14(10-16(21)22)11-17(19-20-18)8-5-9-17/h2-4,6-7,13-14H,5,8-12H2,1H3/t13-,14+/m1/s1. The average Bonchev–Trinajstić information content (AvgIpc) is 2.86. The predicted molar refractivity (Wildman–Crippen MR) is 85.0 cm³/mol. The van der Waals surface area contributed by atoms with Crippen molar-refractivity contribution in [3.05, 3.63) is 46.3 Å². The lowest BCUT2D eigenvalue weighted by Gasteiger charge is -2.39. The number of benzene rings is 1. The highest BCUT2D eigenvalue weighted by atomic mass is 16.2. The Morgan fingerprint density at radius 3 is 2.73 bits per heavy atom. The van der Waals surface area contributed by atoms with Gasteiger partial charge in [-0.2, -0.15) is 0 Å². The van der Waals surface area contributed by atoms with Gasteiger partial charge in [-0.15, -0.1) is 0 Å². The van der Waals surface area contributed by atoms with Gasteiger partial charge in [0.15, 0.2) is 0 Å². The van der Waals surface area contributed by atoms with Crippen LogP contribution in [0, 0.1) is 5.92 Å². The number of amides is 1. The molecular formula is C17H22N4O. The third kappa shape index (κ3) is 2.81. The Labute approximate surface area is 130 Å². The van der Waals surface area contributed by atoms with Crippen molar-refractivity contribution < 1.29 is 4.79 Å². The van der Waals surface area contributed by atoms with Gasteiger partial charge in [0.05, 0.1) is 6.04 Å². The van der Waals surface area contributed by atoms with Gasteiger partial charge in [-0.05, 0) is 43.2 Å². The summed E-state index contributed by atoms with van der Waals surface area (Å²) in [6.07, 6.45) is 4.50. The summed E-state index contributed by atoms with van der Waals surface area (Å²) in [5.41, 5.74) is 9.72. The molecular weight excluding hydrogens is 276 g/mol. The summed E-state index contributed by atoms with van der Waals surface area (Å²) in [6, 6.07) is 10.3. The van der Waals surface area contributed by atoms with E-state index in [2.05, 4.69) is 29.1 Å². The number of hydrogen-bond donors (Lipinski definition) is 0. The first-order chi connectivity index (χ1) is 10.6. The molecule has 1 saturated heterocycles. The summed E-state index contributed by atoms with van der Waals surface area (Å²) in [7, 11) is 0. The van der Waals surface area contributed by atoms with Crippen molar-refractivity contribution in [3.8, 4) is 0 Å². The molecule has 0 radical (unpaired) electrons. The highest BCUT2D eigenvalue weighted by Crippen LogP contribution is 2.43. The summed E-state index contributed by atoms with van der Waals surface area (Å²) in [5.74, 6) is 0.529. The van der Waals surface area contributed by atoms with Crippen LogP contribution in [0.3, 0.4) is 0 Å². The van der Waals surface area contributed by atoms with E-state index in [4.69, 9.17) is 5.53 Å². The minimum Gasteiger partial charge on any atom is -0.336 e. The van der Waals surface area contributed by atoms with Gasteiger partial charge in [0.2, 0.25) is 5.91 Å². The van der Waals surface area contributed by atoms with Crippen LogP contribution in [0.2, 0.25) is 0 Å². The van der Waals surface area contributed by atoms with Crippen LogP contribution in [0.15, 0.2) is 35.4 Å². The van der Waals surface area contributed by atoms with Crippen LogP contribution in [0.4, 0.5) is 0 Å². The zero-order valence-corrected chi connectivity index (χ0v) is 13.0. The van der Waals surface area contributed by atoms with Gasteiger partial charge in [0, 0.05) is 23.4 Å². The first kappa shape index (κ1) is 14.9. The van der Waals surface area contributed by atoms with Crippen LogP contribution in [0.1, 0.15) is 50.6 Å². The van der Waals surface area contributed by atoms with Gasteiger partial charge in [-0.1, -0.05) is 41.9 Å². The number of carbonyl (C=O) groups is 1. The fourth-order valence-electron chi connectivity index (χ4n) is 3.79. The van der Waals surface area contributed by atoms with Gasteiger partial charge in [0.25, 0.3) is 0 Å². The minimum absolute atomic E-state index is 0.107. The molecule has 0 bridgehead atoms. The van der Waals surface area contributed by atoms with Crippen molar-refractivity contribution in [1.82, 2.24) is 4.90 Å². The summed E-state index contributed by atoms with van der Waals surface area (Å²) in [5, 5.41) is 4.03. The molecule has 1 heterocycles. The molecule has 2 aliphatic rings. The molecule has 1 amide bonds. The monoisotopic (exact) mass is 298 g/mol. The van der Waals surface area contributed by atoms with Crippen LogP contribution in [-0.2, 0) is 4.79 Å². The fourth-order valence-corrected chi connectivity index (χ4v) is 3.79. The SMILES string of the molecule is C[C@H](c1ccccc1)N1C[C@H](CC2(N=[N+]=[N-])CCC2)CC1=O. The third-order valence-corrected chi connectivity index (χ3v) is 5.20. The van der Waals surface area contributed by atoms with Crippen LogP contribution in [-0.4, -0.2) is 22.9 Å². The first-order valence-electron chi connectivity index (χ1n) is 8.04. The van der Waals surface area contributed by atoms with Crippen molar-refractivity contribution in [3.63, 3.8) is 0 Å². The van der Waals surface area contributed by atoms with Gasteiger partial charge in [-0.25, -0.2) is 0 Å². The molecule has 5 nitrogen and oxygen atoms in total. The summed E-state index contributed by atoms with van der Waals surface area (Å²) in [4.78, 5) is 17.4. The van der Waals surface area contributed by atoms with Crippen LogP contribution in [0.25, 0.3) is 10.4 Å². The van der Waals surface area contributed by atoms with Crippen LogP contribution >= 0.6 is 0 Å². The lowest BCUT2D eigenvalue weighted by molar-refractivity contribution is -0.129. The van der Waals surface area contributed by atoms with Crippen molar-refractivity contribution in [2.24, 2.45) is 11.0 Å². The first-order valence-corrected chi connectivity index (χ1v) is 8.04. The van der Waals surface area contributed by atoms with Gasteiger partial charge >= 0.3 is 0 Å². The normalized spacial score (nSPS) is 24.5. The highest BCUT2D eigenvalue weighted by Gasteiger charge is 2.42. The molecule has 0 aromatic heterocycles. The lowest BCUT2D eigenvalue weighted by atomic mass is 9.72. The molecule has 2 atom stereocenters. The maximum absolute atomic E-state index is 12.4. The second kappa shape index (κ2) is 6.01. The Balaban J connectivity index is 1.67. The zero-order chi connectivity index (χ0) is 15.6. The van der Waals surface area contributed by atoms with Crippen molar-refractivity contribution in [2.75, 3.05) is 6.54 Å². The second-order valence-corrected chi connectivity index (χ2v) is 6.67. The molecule has 116 valence electrons. The fraction of sp³-hybridized carbons (Fsp3) is 0.588. The summed E-state index contributed by atoms with van der Waals surface area (Å²) >= 11 is 0. The van der Waals surface area contributed by atoms with E-state index in [0.29, 0.717) is 12.3 Å². The number of hydrogen-bond acceptors (Lipinski definition) is 2. The highest BCUT2D eigenvalue weighted by molar-refractivity contribution is 5.79. The zero-order valence-electron chi connectivity index (χ0n) is 13.0. The Morgan fingerprint density at radius 2 is 2.14 bits per heavy atom. The molecule has 0 N–H and O–H groups in total. The van der Waals surface area contributed by atoms with Gasteiger partial charge < -0.3 is 4.90 Å². The Morgan fingerprint density at radius 1 is 1.41 bits per heavy atom. The molecule has 2 fully saturated rings. The van der Waals surface area contributed by atoms with E-state index in [0.717, 1.165) is 32.2 Å². The topological polar surface area (TPSA) is 69.1 Å². The third-order valence-electron chi connectivity index (χ3n) is 5.20. The van der Waals surface area contributed by atoms with E-state index < -0.39 is 0 Å². The molecule has 1 aromatic rings. The number of likely N-dealkylation sites (tertiary alicyclic amines) is 1. The molecule has 0 unspecified atom stereocenters. The Kier molecular flexibility index (Phi) is 4.08. The molecule has 0 spiro atoms. The van der Waals surface area contributed by atoms with Gasteiger partial charge in [-0.3, -0.25) is 4.79 Å².